The minimum absolute atomic E-state index is 0.00259. The highest BCUT2D eigenvalue weighted by Crippen LogP contribution is 2.39. The Morgan fingerprint density at radius 2 is 2.00 bits per heavy atom. The highest BCUT2D eigenvalue weighted by Gasteiger charge is 2.41. The van der Waals surface area contributed by atoms with Gasteiger partial charge in [-0.2, -0.15) is 0 Å². The molecule has 4 nitrogen and oxygen atoms in total. The summed E-state index contributed by atoms with van der Waals surface area (Å²) in [4.78, 5) is 30.0. The van der Waals surface area contributed by atoms with Crippen LogP contribution in [0.1, 0.15) is 52.4 Å². The number of Topliss-reactive ketones (excluding diaryl/α,β-unsaturated/α-hetero) is 2. The van der Waals surface area contributed by atoms with Crippen molar-refractivity contribution in [2.75, 3.05) is 6.61 Å². The van der Waals surface area contributed by atoms with Crippen LogP contribution in [0.2, 0.25) is 0 Å². The lowest BCUT2D eigenvalue weighted by atomic mass is 9.68. The number of fused-ring (bicyclic) bond motifs is 1. The van der Waals surface area contributed by atoms with Gasteiger partial charge in [0, 0.05) is 12.3 Å². The average Bonchev–Trinajstić information content (AvgIpc) is 2.42. The number of hydrogen-bond acceptors (Lipinski definition) is 4. The number of carbonyl (C=O) groups excluding carboxylic acids is 2. The first kappa shape index (κ1) is 14.3. The molecule has 106 valence electrons. The number of nitrogens with one attached hydrogen (secondary N) is 1. The maximum Gasteiger partial charge on any atom is 0.171 e. The summed E-state index contributed by atoms with van der Waals surface area (Å²) >= 11 is 0. The highest BCUT2D eigenvalue weighted by molar-refractivity contribution is 6.23. The van der Waals surface area contributed by atoms with Crippen LogP contribution < -0.4 is 5.48 Å². The summed E-state index contributed by atoms with van der Waals surface area (Å²) in [7, 11) is 0. The first-order valence-corrected chi connectivity index (χ1v) is 7.37. The van der Waals surface area contributed by atoms with Crippen LogP contribution >= 0.6 is 0 Å². The van der Waals surface area contributed by atoms with Crippen LogP contribution in [0.3, 0.4) is 0 Å². The highest BCUT2D eigenvalue weighted by atomic mass is 16.6. The van der Waals surface area contributed by atoms with Crippen molar-refractivity contribution in [3.8, 4) is 0 Å². The largest absolute Gasteiger partial charge is 0.294 e. The minimum Gasteiger partial charge on any atom is -0.294 e. The Balaban J connectivity index is 2.25. The Bertz CT molecular complexity index is 400. The van der Waals surface area contributed by atoms with Gasteiger partial charge in [-0.1, -0.05) is 19.8 Å². The van der Waals surface area contributed by atoms with Crippen molar-refractivity contribution in [2.45, 2.75) is 52.4 Å². The van der Waals surface area contributed by atoms with E-state index in [1.54, 1.807) is 0 Å². The predicted octanol–water partition coefficient (Wildman–Crippen LogP) is 2.54. The first-order valence-electron chi connectivity index (χ1n) is 7.37. The summed E-state index contributed by atoms with van der Waals surface area (Å²) in [6.07, 6.45) is 5.36. The molecule has 19 heavy (non-hydrogen) atoms. The second-order valence-electron chi connectivity index (χ2n) is 5.38. The van der Waals surface area contributed by atoms with Gasteiger partial charge in [0.1, 0.15) is 0 Å². The van der Waals surface area contributed by atoms with E-state index < -0.39 is 0 Å². The van der Waals surface area contributed by atoms with E-state index in [-0.39, 0.29) is 23.4 Å². The molecule has 0 aromatic carbocycles. The molecule has 2 unspecified atom stereocenters. The molecule has 2 rings (SSSR count). The van der Waals surface area contributed by atoms with Crippen molar-refractivity contribution in [3.05, 3.63) is 11.3 Å². The van der Waals surface area contributed by atoms with Crippen molar-refractivity contribution in [1.82, 2.24) is 5.48 Å². The first-order chi connectivity index (χ1) is 9.19. The third-order valence-electron chi connectivity index (χ3n) is 4.21. The van der Waals surface area contributed by atoms with E-state index >= 15 is 0 Å². The van der Waals surface area contributed by atoms with E-state index in [2.05, 4.69) is 5.48 Å². The number of hydrogen-bond donors (Lipinski definition) is 1. The van der Waals surface area contributed by atoms with Crippen molar-refractivity contribution in [2.24, 2.45) is 11.8 Å². The molecule has 0 bridgehead atoms. The molecular formula is C15H23NO3. The van der Waals surface area contributed by atoms with E-state index in [9.17, 15) is 9.59 Å². The molecule has 2 saturated carbocycles. The van der Waals surface area contributed by atoms with Gasteiger partial charge in [0.25, 0.3) is 0 Å². The third-order valence-corrected chi connectivity index (χ3v) is 4.21. The summed E-state index contributed by atoms with van der Waals surface area (Å²) in [5.74, 6) is 0.385. The van der Waals surface area contributed by atoms with Gasteiger partial charge >= 0.3 is 0 Å². The molecule has 2 fully saturated rings. The maximum absolute atomic E-state index is 12.6. The smallest absolute Gasteiger partial charge is 0.171 e. The number of rotatable bonds is 4. The summed E-state index contributed by atoms with van der Waals surface area (Å²) < 4.78 is 0. The normalized spacial score (nSPS) is 30.0. The molecule has 0 heterocycles. The van der Waals surface area contributed by atoms with Gasteiger partial charge in [-0.05, 0) is 32.1 Å². The molecule has 0 radical (unpaired) electrons. The lowest BCUT2D eigenvalue weighted by molar-refractivity contribution is -0.130. The van der Waals surface area contributed by atoms with Crippen LogP contribution in [-0.4, -0.2) is 18.2 Å². The molecule has 0 aromatic rings. The van der Waals surface area contributed by atoms with Gasteiger partial charge in [-0.25, -0.2) is 0 Å². The number of ketones is 2. The molecule has 2 atom stereocenters. The summed E-state index contributed by atoms with van der Waals surface area (Å²) in [5.41, 5.74) is 3.81. The van der Waals surface area contributed by atoms with Crippen LogP contribution in [0.5, 0.6) is 0 Å². The van der Waals surface area contributed by atoms with Gasteiger partial charge < -0.3 is 0 Å². The zero-order chi connectivity index (χ0) is 13.8. The molecule has 0 saturated heterocycles. The van der Waals surface area contributed by atoms with Crippen LogP contribution in [0.15, 0.2) is 11.3 Å². The lowest BCUT2D eigenvalue weighted by Gasteiger charge is -2.35. The molecule has 0 amide bonds. The molecule has 1 N–H and O–H groups in total. The van der Waals surface area contributed by atoms with Crippen molar-refractivity contribution < 1.29 is 14.4 Å². The summed E-state index contributed by atoms with van der Waals surface area (Å²) in [6, 6.07) is 0. The number of allylic oxidation sites excluding steroid dienone is 2. The molecule has 2 aliphatic rings. The molecular weight excluding hydrogens is 242 g/mol. The summed E-state index contributed by atoms with van der Waals surface area (Å²) in [5, 5.41) is 0. The Morgan fingerprint density at radius 3 is 2.68 bits per heavy atom. The lowest BCUT2D eigenvalue weighted by Crippen LogP contribution is -2.39. The zero-order valence-corrected chi connectivity index (χ0v) is 11.8. The van der Waals surface area contributed by atoms with Gasteiger partial charge in [-0.3, -0.25) is 19.9 Å². The van der Waals surface area contributed by atoms with E-state index in [0.29, 0.717) is 30.7 Å². The van der Waals surface area contributed by atoms with Crippen molar-refractivity contribution in [3.63, 3.8) is 0 Å². The third kappa shape index (κ3) is 2.89. The fourth-order valence-corrected chi connectivity index (χ4v) is 3.24. The van der Waals surface area contributed by atoms with E-state index in [0.717, 1.165) is 25.7 Å². The second kappa shape index (κ2) is 6.33. The molecule has 2 aliphatic carbocycles. The predicted molar refractivity (Wildman–Crippen MR) is 72.2 cm³/mol. The van der Waals surface area contributed by atoms with E-state index in [1.807, 2.05) is 13.8 Å². The van der Waals surface area contributed by atoms with Crippen molar-refractivity contribution in [1.29, 1.82) is 0 Å². The van der Waals surface area contributed by atoms with Crippen LogP contribution in [0.25, 0.3) is 0 Å². The standard InChI is InChI=1S/C15H23NO3/c1-3-12(16-19-4-2)14-13(17)9-10-7-5-6-8-11(10)15(14)18/h10-11,16H,3-9H2,1-2H3/b14-12-. The Hall–Kier alpha value is -1.16. The Labute approximate surface area is 114 Å². The number of carbonyl (C=O) groups is 2. The van der Waals surface area contributed by atoms with E-state index in [1.165, 1.54) is 0 Å². The van der Waals surface area contributed by atoms with Crippen molar-refractivity contribution >= 4 is 11.6 Å². The van der Waals surface area contributed by atoms with Crippen LogP contribution in [-0.2, 0) is 14.4 Å². The fourth-order valence-electron chi connectivity index (χ4n) is 3.24. The zero-order valence-electron chi connectivity index (χ0n) is 11.8. The quantitative estimate of drug-likeness (QED) is 0.482. The maximum atomic E-state index is 12.6. The topological polar surface area (TPSA) is 55.4 Å². The Morgan fingerprint density at radius 1 is 1.26 bits per heavy atom. The summed E-state index contributed by atoms with van der Waals surface area (Å²) in [6.45, 7) is 4.31. The van der Waals surface area contributed by atoms with Gasteiger partial charge in [0.05, 0.1) is 17.9 Å². The van der Waals surface area contributed by atoms with E-state index in [4.69, 9.17) is 4.84 Å². The molecule has 0 aliphatic heterocycles. The molecule has 0 spiro atoms. The van der Waals surface area contributed by atoms with Gasteiger partial charge in [0.2, 0.25) is 0 Å². The van der Waals surface area contributed by atoms with Gasteiger partial charge in [-0.15, -0.1) is 0 Å². The average molecular weight is 265 g/mol. The van der Waals surface area contributed by atoms with Crippen LogP contribution in [0.4, 0.5) is 0 Å². The second-order valence-corrected chi connectivity index (χ2v) is 5.38. The molecule has 0 aromatic heterocycles. The number of hydroxylamine groups is 1. The SMILES string of the molecule is CCON/C(CC)=C1/C(=O)CC2CCCCC2C1=O. The molecule has 4 heteroatoms. The Kier molecular flexibility index (Phi) is 4.75. The van der Waals surface area contributed by atoms with Crippen LogP contribution in [0, 0.1) is 11.8 Å². The van der Waals surface area contributed by atoms with Gasteiger partial charge in [0.15, 0.2) is 11.6 Å². The minimum atomic E-state index is -0.00259. The fraction of sp³-hybridized carbons (Fsp3) is 0.733. The monoisotopic (exact) mass is 265 g/mol.